The first-order valence-electron chi connectivity index (χ1n) is 7.05. The summed E-state index contributed by atoms with van der Waals surface area (Å²) in [6, 6.07) is 13.6. The zero-order valence-electron chi connectivity index (χ0n) is 12.3. The molecule has 1 aliphatic rings. The maximum Gasteiger partial charge on any atom is 0.325 e. The maximum absolute atomic E-state index is 12.8. The van der Waals surface area contributed by atoms with Gasteiger partial charge in [0.1, 0.15) is 5.54 Å². The second kappa shape index (κ2) is 5.87. The molecule has 1 heterocycles. The van der Waals surface area contributed by atoms with Crippen molar-refractivity contribution in [2.75, 3.05) is 0 Å². The van der Waals surface area contributed by atoms with Crippen molar-refractivity contribution in [3.05, 3.63) is 69.7 Å². The lowest BCUT2D eigenvalue weighted by molar-refractivity contribution is -0.131. The topological polar surface area (TPSA) is 49.4 Å². The summed E-state index contributed by atoms with van der Waals surface area (Å²) in [4.78, 5) is 26.3. The third-order valence-corrected chi connectivity index (χ3v) is 4.48. The van der Waals surface area contributed by atoms with E-state index in [0.29, 0.717) is 15.6 Å². The van der Waals surface area contributed by atoms with Gasteiger partial charge in [-0.25, -0.2) is 4.79 Å². The fourth-order valence-electron chi connectivity index (χ4n) is 2.71. The summed E-state index contributed by atoms with van der Waals surface area (Å²) in [6.07, 6.45) is 0. The van der Waals surface area contributed by atoms with Gasteiger partial charge in [-0.2, -0.15) is 0 Å². The first-order chi connectivity index (χ1) is 10.9. The first-order valence-corrected chi connectivity index (χ1v) is 7.81. The van der Waals surface area contributed by atoms with Crippen LogP contribution in [0.4, 0.5) is 4.79 Å². The van der Waals surface area contributed by atoms with Crippen molar-refractivity contribution in [1.29, 1.82) is 0 Å². The summed E-state index contributed by atoms with van der Waals surface area (Å²) in [5.74, 6) is -0.337. The molecule has 1 N–H and O–H groups in total. The molecule has 4 nitrogen and oxygen atoms in total. The van der Waals surface area contributed by atoms with Crippen LogP contribution in [-0.4, -0.2) is 16.8 Å². The number of hydrogen-bond donors (Lipinski definition) is 1. The average molecular weight is 349 g/mol. The molecule has 2 aromatic rings. The molecule has 6 heteroatoms. The summed E-state index contributed by atoms with van der Waals surface area (Å²) >= 11 is 12.2. The van der Waals surface area contributed by atoms with Crippen LogP contribution in [0.25, 0.3) is 0 Å². The Morgan fingerprint density at radius 3 is 2.52 bits per heavy atom. The van der Waals surface area contributed by atoms with Crippen LogP contribution in [0.1, 0.15) is 18.1 Å². The standard InChI is InChI=1S/C17H14Cl2N2O2/c1-17(13-7-2-3-8-14(13)19)15(22)21(16(23)20-17)10-11-5-4-6-12(18)9-11/h2-9H,10H2,1H3,(H,20,23)/t17-/m1/s1. The van der Waals surface area contributed by atoms with E-state index in [2.05, 4.69) is 5.32 Å². The molecule has 0 unspecified atom stereocenters. The zero-order valence-corrected chi connectivity index (χ0v) is 13.9. The highest BCUT2D eigenvalue weighted by Crippen LogP contribution is 2.34. The van der Waals surface area contributed by atoms with E-state index in [0.717, 1.165) is 5.56 Å². The second-order valence-corrected chi connectivity index (χ2v) is 6.40. The highest BCUT2D eigenvalue weighted by Gasteiger charge is 2.49. The quantitative estimate of drug-likeness (QED) is 0.853. The Balaban J connectivity index is 1.92. The number of hydrogen-bond acceptors (Lipinski definition) is 2. The number of urea groups is 1. The van der Waals surface area contributed by atoms with Gasteiger partial charge in [0.15, 0.2) is 0 Å². The molecule has 0 saturated carbocycles. The predicted octanol–water partition coefficient (Wildman–Crippen LogP) is 3.96. The molecule has 0 aromatic heterocycles. The lowest BCUT2D eigenvalue weighted by Gasteiger charge is -2.23. The molecule has 1 fully saturated rings. The molecule has 1 aliphatic heterocycles. The van der Waals surface area contributed by atoms with Crippen LogP contribution in [0.2, 0.25) is 10.0 Å². The number of carbonyl (C=O) groups excluding carboxylic acids is 2. The van der Waals surface area contributed by atoms with Crippen LogP contribution >= 0.6 is 23.2 Å². The van der Waals surface area contributed by atoms with Gasteiger partial charge in [-0.3, -0.25) is 9.69 Å². The first kappa shape index (κ1) is 15.8. The lowest BCUT2D eigenvalue weighted by Crippen LogP contribution is -2.41. The Kier molecular flexibility index (Phi) is 4.04. The van der Waals surface area contributed by atoms with Gasteiger partial charge < -0.3 is 5.32 Å². The molecular weight excluding hydrogens is 335 g/mol. The van der Waals surface area contributed by atoms with Crippen LogP contribution in [-0.2, 0) is 16.9 Å². The Bertz CT molecular complexity index is 794. The molecule has 0 radical (unpaired) electrons. The highest BCUT2D eigenvalue weighted by atomic mass is 35.5. The van der Waals surface area contributed by atoms with Gasteiger partial charge in [0, 0.05) is 15.6 Å². The number of benzene rings is 2. The lowest BCUT2D eigenvalue weighted by atomic mass is 9.92. The maximum atomic E-state index is 12.8. The van der Waals surface area contributed by atoms with Crippen molar-refractivity contribution in [2.24, 2.45) is 0 Å². The molecule has 1 atom stereocenters. The van der Waals surface area contributed by atoms with Crippen molar-refractivity contribution >= 4 is 35.1 Å². The number of nitrogens with one attached hydrogen (secondary N) is 1. The van der Waals surface area contributed by atoms with E-state index in [1.807, 2.05) is 6.07 Å². The SMILES string of the molecule is C[C@]1(c2ccccc2Cl)NC(=O)N(Cc2cccc(Cl)c2)C1=O. The van der Waals surface area contributed by atoms with Crippen molar-refractivity contribution in [2.45, 2.75) is 19.0 Å². The van der Waals surface area contributed by atoms with Crippen molar-refractivity contribution < 1.29 is 9.59 Å². The van der Waals surface area contributed by atoms with Crippen LogP contribution < -0.4 is 5.32 Å². The smallest absolute Gasteiger partial charge is 0.319 e. The zero-order chi connectivity index (χ0) is 16.6. The number of carbonyl (C=O) groups is 2. The van der Waals surface area contributed by atoms with E-state index in [1.165, 1.54) is 4.90 Å². The monoisotopic (exact) mass is 348 g/mol. The minimum Gasteiger partial charge on any atom is -0.319 e. The number of amides is 3. The number of nitrogens with zero attached hydrogens (tertiary/aromatic N) is 1. The van der Waals surface area contributed by atoms with Gasteiger partial charge in [0.05, 0.1) is 6.54 Å². The summed E-state index contributed by atoms with van der Waals surface area (Å²) in [5, 5.41) is 3.74. The third kappa shape index (κ3) is 2.80. The van der Waals surface area contributed by atoms with Gasteiger partial charge in [-0.15, -0.1) is 0 Å². The van der Waals surface area contributed by atoms with E-state index in [4.69, 9.17) is 23.2 Å². The van der Waals surface area contributed by atoms with Crippen LogP contribution in [0, 0.1) is 0 Å². The predicted molar refractivity (Wildman–Crippen MR) is 89.3 cm³/mol. The van der Waals surface area contributed by atoms with Gasteiger partial charge in [0.25, 0.3) is 5.91 Å². The average Bonchev–Trinajstić information content (AvgIpc) is 2.72. The van der Waals surface area contributed by atoms with Gasteiger partial charge in [-0.1, -0.05) is 53.5 Å². The van der Waals surface area contributed by atoms with Gasteiger partial charge in [0.2, 0.25) is 0 Å². The summed E-state index contributed by atoms with van der Waals surface area (Å²) in [7, 11) is 0. The van der Waals surface area contributed by atoms with E-state index >= 15 is 0 Å². The molecule has 118 valence electrons. The fraction of sp³-hybridized carbons (Fsp3) is 0.176. The van der Waals surface area contributed by atoms with Gasteiger partial charge >= 0.3 is 6.03 Å². The molecule has 1 saturated heterocycles. The van der Waals surface area contributed by atoms with E-state index in [1.54, 1.807) is 49.4 Å². The van der Waals surface area contributed by atoms with Crippen LogP contribution in [0.3, 0.4) is 0 Å². The minimum absolute atomic E-state index is 0.158. The number of imide groups is 1. The van der Waals surface area contributed by atoms with Gasteiger partial charge in [-0.05, 0) is 30.7 Å². The minimum atomic E-state index is -1.17. The van der Waals surface area contributed by atoms with Crippen molar-refractivity contribution in [3.8, 4) is 0 Å². The molecule has 0 bridgehead atoms. The fourth-order valence-corrected chi connectivity index (χ4v) is 3.25. The molecule has 0 aliphatic carbocycles. The van der Waals surface area contributed by atoms with E-state index in [-0.39, 0.29) is 12.5 Å². The third-order valence-electron chi connectivity index (χ3n) is 3.92. The van der Waals surface area contributed by atoms with Crippen LogP contribution in [0.5, 0.6) is 0 Å². The largest absolute Gasteiger partial charge is 0.325 e. The Morgan fingerprint density at radius 2 is 1.83 bits per heavy atom. The Hall–Kier alpha value is -2.04. The summed E-state index contributed by atoms with van der Waals surface area (Å²) in [6.45, 7) is 1.82. The Labute approximate surface area is 144 Å². The molecule has 23 heavy (non-hydrogen) atoms. The molecule has 0 spiro atoms. The normalized spacial score (nSPS) is 20.7. The number of rotatable bonds is 3. The molecule has 3 rings (SSSR count). The van der Waals surface area contributed by atoms with E-state index in [9.17, 15) is 9.59 Å². The summed E-state index contributed by atoms with van der Waals surface area (Å²) < 4.78 is 0. The second-order valence-electron chi connectivity index (χ2n) is 5.56. The highest BCUT2D eigenvalue weighted by molar-refractivity contribution is 6.32. The van der Waals surface area contributed by atoms with E-state index < -0.39 is 11.6 Å². The van der Waals surface area contributed by atoms with Crippen LogP contribution in [0.15, 0.2) is 48.5 Å². The summed E-state index contributed by atoms with van der Waals surface area (Å²) in [5.41, 5.74) is 0.187. The molecule has 3 amide bonds. The van der Waals surface area contributed by atoms with Crippen molar-refractivity contribution in [3.63, 3.8) is 0 Å². The molecule has 2 aromatic carbocycles. The number of halogens is 2. The van der Waals surface area contributed by atoms with Crippen molar-refractivity contribution in [1.82, 2.24) is 10.2 Å². The molecular formula is C17H14Cl2N2O2. The Morgan fingerprint density at radius 1 is 1.09 bits per heavy atom.